The van der Waals surface area contributed by atoms with Gasteiger partial charge in [0.1, 0.15) is 0 Å². The molecule has 0 radical (unpaired) electrons. The largest absolute Gasteiger partial charge is 0.463 e. The third-order valence-corrected chi connectivity index (χ3v) is 4.99. The van der Waals surface area contributed by atoms with E-state index in [9.17, 15) is 9.59 Å². The van der Waals surface area contributed by atoms with E-state index in [0.717, 1.165) is 19.3 Å². The molecule has 0 spiro atoms. The molecule has 0 amide bonds. The summed E-state index contributed by atoms with van der Waals surface area (Å²) in [5.74, 6) is -1.14. The summed E-state index contributed by atoms with van der Waals surface area (Å²) in [7, 11) is 0. The van der Waals surface area contributed by atoms with Crippen molar-refractivity contribution < 1.29 is 19.1 Å². The van der Waals surface area contributed by atoms with Crippen LogP contribution in [0, 0.1) is 0 Å². The van der Waals surface area contributed by atoms with Gasteiger partial charge in [0.05, 0.1) is 6.61 Å². The average molecular weight is 373 g/mol. The molecule has 1 aromatic carbocycles. The Morgan fingerprint density at radius 3 is 2.29 bits per heavy atom. The maximum atomic E-state index is 12.7. The molecule has 1 fully saturated rings. The first-order valence-corrected chi connectivity index (χ1v) is 8.93. The number of ether oxygens (including phenoxy) is 2. The van der Waals surface area contributed by atoms with Crippen LogP contribution < -0.4 is 0 Å². The predicted octanol–water partition coefficient (Wildman–Crippen LogP) is 4.60. The molecule has 1 aromatic rings. The number of benzene rings is 1. The van der Waals surface area contributed by atoms with Gasteiger partial charge < -0.3 is 9.47 Å². The van der Waals surface area contributed by atoms with Gasteiger partial charge in [0.2, 0.25) is 5.60 Å². The quantitative estimate of drug-likeness (QED) is 0.559. The van der Waals surface area contributed by atoms with Crippen molar-refractivity contribution in [2.75, 3.05) is 6.61 Å². The van der Waals surface area contributed by atoms with Gasteiger partial charge in [-0.3, -0.25) is 0 Å². The highest BCUT2D eigenvalue weighted by atomic mass is 35.5. The summed E-state index contributed by atoms with van der Waals surface area (Å²) >= 11 is 12.3. The Kier molecular flexibility index (Phi) is 6.16. The van der Waals surface area contributed by atoms with Crippen LogP contribution in [0.1, 0.15) is 51.5 Å². The number of carbonyl (C=O) groups is 2. The molecular formula is C18H22Cl2O4. The first kappa shape index (κ1) is 19.1. The molecule has 0 aromatic heterocycles. The molecule has 24 heavy (non-hydrogen) atoms. The molecule has 1 aliphatic carbocycles. The summed E-state index contributed by atoms with van der Waals surface area (Å²) in [6.07, 6.45) is 3.56. The van der Waals surface area contributed by atoms with Crippen molar-refractivity contribution in [1.29, 1.82) is 0 Å². The van der Waals surface area contributed by atoms with Gasteiger partial charge in [0, 0.05) is 5.02 Å². The Hall–Kier alpha value is -1.26. The Labute approximate surface area is 152 Å². The molecule has 0 saturated heterocycles. The zero-order valence-corrected chi connectivity index (χ0v) is 15.5. The molecule has 1 atom stereocenters. The molecule has 1 unspecified atom stereocenters. The van der Waals surface area contributed by atoms with Crippen LogP contribution in [0.4, 0.5) is 0 Å². The topological polar surface area (TPSA) is 52.6 Å². The minimum Gasteiger partial charge on any atom is -0.463 e. The maximum absolute atomic E-state index is 12.7. The number of esters is 2. The second kappa shape index (κ2) is 7.75. The average Bonchev–Trinajstić information content (AvgIpc) is 2.56. The van der Waals surface area contributed by atoms with Gasteiger partial charge in [-0.2, -0.15) is 0 Å². The first-order valence-electron chi connectivity index (χ1n) is 8.17. The monoisotopic (exact) mass is 372 g/mol. The summed E-state index contributed by atoms with van der Waals surface area (Å²) in [5.41, 5.74) is -0.665. The van der Waals surface area contributed by atoms with Gasteiger partial charge in [-0.1, -0.05) is 30.2 Å². The Morgan fingerprint density at radius 1 is 1.17 bits per heavy atom. The second-order valence-electron chi connectivity index (χ2n) is 6.17. The summed E-state index contributed by atoms with van der Waals surface area (Å²) in [6, 6.07) is 6.67. The molecular weight excluding hydrogens is 351 g/mol. The van der Waals surface area contributed by atoms with Crippen LogP contribution in [0.5, 0.6) is 0 Å². The maximum Gasteiger partial charge on any atom is 0.350 e. The van der Waals surface area contributed by atoms with Gasteiger partial charge in [-0.15, -0.1) is 11.6 Å². The van der Waals surface area contributed by atoms with Crippen LogP contribution in [0.15, 0.2) is 24.3 Å². The number of halogens is 2. The van der Waals surface area contributed by atoms with Crippen LogP contribution in [0.2, 0.25) is 5.02 Å². The molecule has 0 heterocycles. The lowest BCUT2D eigenvalue weighted by atomic mass is 9.84. The number of hydrogen-bond donors (Lipinski definition) is 0. The van der Waals surface area contributed by atoms with Crippen molar-refractivity contribution in [3.05, 3.63) is 34.9 Å². The molecule has 4 nitrogen and oxygen atoms in total. The minimum atomic E-state index is -1.40. The number of alkyl halides is 1. The number of rotatable bonds is 5. The first-order chi connectivity index (χ1) is 11.3. The molecule has 2 rings (SSSR count). The molecule has 1 aliphatic rings. The summed E-state index contributed by atoms with van der Waals surface area (Å²) in [4.78, 5) is 23.7. The van der Waals surface area contributed by atoms with E-state index in [2.05, 4.69) is 0 Å². The highest BCUT2D eigenvalue weighted by Crippen LogP contribution is 2.38. The highest BCUT2D eigenvalue weighted by molar-refractivity contribution is 6.34. The van der Waals surface area contributed by atoms with Crippen LogP contribution >= 0.6 is 23.2 Å². The standard InChI is InChI=1S/C18H22Cl2O4/c1-3-23-16(22)18(11-5-4-6-12-18)24-15(21)17(2,20)13-7-9-14(19)10-8-13/h7-10H,3-6,11-12H2,1-2H3. The SMILES string of the molecule is CCOC(=O)C1(OC(=O)C(C)(Cl)c2ccc(Cl)cc2)CCCCC1. The summed E-state index contributed by atoms with van der Waals surface area (Å²) < 4.78 is 10.8. The second-order valence-corrected chi connectivity index (χ2v) is 7.37. The van der Waals surface area contributed by atoms with E-state index in [1.807, 2.05) is 0 Å². The zero-order chi connectivity index (χ0) is 17.8. The van der Waals surface area contributed by atoms with Gasteiger partial charge in [-0.25, -0.2) is 9.59 Å². The fraction of sp³-hybridized carbons (Fsp3) is 0.556. The van der Waals surface area contributed by atoms with Crippen LogP contribution in [0.25, 0.3) is 0 Å². The van der Waals surface area contributed by atoms with Crippen molar-refractivity contribution in [2.45, 2.75) is 56.4 Å². The molecule has 1 saturated carbocycles. The van der Waals surface area contributed by atoms with Crippen molar-refractivity contribution in [1.82, 2.24) is 0 Å². The summed E-state index contributed by atoms with van der Waals surface area (Å²) in [5, 5.41) is 0.551. The Balaban J connectivity index is 2.23. The minimum absolute atomic E-state index is 0.244. The van der Waals surface area contributed by atoms with E-state index in [1.54, 1.807) is 38.1 Å². The van der Waals surface area contributed by atoms with E-state index in [-0.39, 0.29) is 6.61 Å². The molecule has 132 valence electrons. The zero-order valence-electron chi connectivity index (χ0n) is 13.9. The normalized spacial score (nSPS) is 19.2. The van der Waals surface area contributed by atoms with Gasteiger partial charge >= 0.3 is 11.9 Å². The van der Waals surface area contributed by atoms with E-state index in [4.69, 9.17) is 32.7 Å². The van der Waals surface area contributed by atoms with Crippen LogP contribution in [0.3, 0.4) is 0 Å². The highest BCUT2D eigenvalue weighted by Gasteiger charge is 2.48. The third kappa shape index (κ3) is 4.04. The van der Waals surface area contributed by atoms with Crippen molar-refractivity contribution in [3.8, 4) is 0 Å². The van der Waals surface area contributed by atoms with E-state index >= 15 is 0 Å². The lowest BCUT2D eigenvalue weighted by Gasteiger charge is -2.36. The molecule has 0 aliphatic heterocycles. The van der Waals surface area contributed by atoms with Crippen LogP contribution in [-0.4, -0.2) is 24.1 Å². The number of carbonyl (C=O) groups excluding carboxylic acids is 2. The molecule has 6 heteroatoms. The van der Waals surface area contributed by atoms with E-state index in [0.29, 0.717) is 23.4 Å². The number of hydrogen-bond acceptors (Lipinski definition) is 4. The lowest BCUT2D eigenvalue weighted by Crippen LogP contribution is -2.48. The van der Waals surface area contributed by atoms with Gasteiger partial charge in [0.25, 0.3) is 0 Å². The lowest BCUT2D eigenvalue weighted by molar-refractivity contribution is -0.188. The fourth-order valence-corrected chi connectivity index (χ4v) is 3.18. The Morgan fingerprint density at radius 2 is 1.75 bits per heavy atom. The molecule has 0 N–H and O–H groups in total. The van der Waals surface area contributed by atoms with Crippen molar-refractivity contribution in [3.63, 3.8) is 0 Å². The smallest absolute Gasteiger partial charge is 0.350 e. The summed E-state index contributed by atoms with van der Waals surface area (Å²) in [6.45, 7) is 3.53. The predicted molar refractivity (Wildman–Crippen MR) is 93.2 cm³/mol. The molecule has 0 bridgehead atoms. The third-order valence-electron chi connectivity index (χ3n) is 4.37. The van der Waals surface area contributed by atoms with E-state index in [1.165, 1.54) is 0 Å². The van der Waals surface area contributed by atoms with Crippen LogP contribution in [-0.2, 0) is 23.9 Å². The fourth-order valence-electron chi connectivity index (χ4n) is 2.89. The van der Waals surface area contributed by atoms with Gasteiger partial charge in [-0.05, 0) is 57.2 Å². The van der Waals surface area contributed by atoms with E-state index < -0.39 is 22.4 Å². The van der Waals surface area contributed by atoms with Crippen molar-refractivity contribution in [2.24, 2.45) is 0 Å². The van der Waals surface area contributed by atoms with Gasteiger partial charge in [0.15, 0.2) is 4.87 Å². The van der Waals surface area contributed by atoms with Crippen molar-refractivity contribution >= 4 is 35.1 Å². The Bertz CT molecular complexity index is 590.